The molecule has 0 spiro atoms. The van der Waals surface area contributed by atoms with Gasteiger partial charge in [0, 0.05) is 30.8 Å². The van der Waals surface area contributed by atoms with Crippen LogP contribution in [0.25, 0.3) is 0 Å². The lowest BCUT2D eigenvalue weighted by atomic mass is 9.66. The Balaban J connectivity index is 1.40. The third kappa shape index (κ3) is 7.54. The minimum absolute atomic E-state index is 0.0520. The minimum Gasteiger partial charge on any atom is -0.461 e. The van der Waals surface area contributed by atoms with E-state index in [0.29, 0.717) is 32.3 Å². The molecule has 0 amide bonds. The maximum Gasteiger partial charge on any atom is 0.309 e. The summed E-state index contributed by atoms with van der Waals surface area (Å²) < 4.78 is 13.1. The fourth-order valence-corrected chi connectivity index (χ4v) is 12.9. The van der Waals surface area contributed by atoms with Gasteiger partial charge in [-0.05, 0) is 64.9 Å². The van der Waals surface area contributed by atoms with E-state index in [1.165, 1.54) is 10.4 Å². The van der Waals surface area contributed by atoms with Crippen LogP contribution in [0, 0.1) is 29.1 Å². The Labute approximate surface area is 282 Å². The zero-order valence-corrected chi connectivity index (χ0v) is 29.9. The molecule has 0 radical (unpaired) electrons. The van der Waals surface area contributed by atoms with Gasteiger partial charge in [0.25, 0.3) is 8.32 Å². The molecule has 5 nitrogen and oxygen atoms in total. The number of hydrogen-bond acceptors (Lipinski definition) is 5. The molecule has 2 saturated carbocycles. The first-order valence-corrected chi connectivity index (χ1v) is 19.4. The third-order valence-electron chi connectivity index (χ3n) is 11.1. The van der Waals surface area contributed by atoms with E-state index in [4.69, 9.17) is 9.16 Å². The maximum atomic E-state index is 14.0. The van der Waals surface area contributed by atoms with Gasteiger partial charge in [-0.1, -0.05) is 126 Å². The second-order valence-electron chi connectivity index (χ2n) is 15.2. The summed E-state index contributed by atoms with van der Waals surface area (Å²) in [4.78, 5) is 41.0. The first-order valence-electron chi connectivity index (χ1n) is 17.5. The van der Waals surface area contributed by atoms with E-state index in [9.17, 15) is 14.4 Å². The van der Waals surface area contributed by atoms with Gasteiger partial charge in [-0.25, -0.2) is 0 Å². The van der Waals surface area contributed by atoms with Gasteiger partial charge in [0.05, 0.1) is 5.92 Å². The van der Waals surface area contributed by atoms with E-state index < -0.39 is 13.7 Å². The number of Topliss-reactive ketones (excluding diaryl/α,β-unsaturated/α-hetero) is 2. The Morgan fingerprint density at radius 3 is 2.02 bits per heavy atom. The summed E-state index contributed by atoms with van der Waals surface area (Å²) in [6, 6.07) is 31.0. The van der Waals surface area contributed by atoms with Crippen molar-refractivity contribution >= 4 is 36.2 Å². The van der Waals surface area contributed by atoms with Crippen molar-refractivity contribution in [1.29, 1.82) is 0 Å². The van der Waals surface area contributed by atoms with E-state index in [1.54, 1.807) is 0 Å². The predicted octanol–water partition coefficient (Wildman–Crippen LogP) is 7.69. The van der Waals surface area contributed by atoms with Gasteiger partial charge in [0.1, 0.15) is 18.2 Å². The molecule has 0 aromatic heterocycles. The van der Waals surface area contributed by atoms with E-state index >= 15 is 0 Å². The molecule has 47 heavy (non-hydrogen) atoms. The molecule has 2 aliphatic rings. The number of carbonyl (C=O) groups is 3. The van der Waals surface area contributed by atoms with E-state index in [0.717, 1.165) is 18.4 Å². The van der Waals surface area contributed by atoms with E-state index in [-0.39, 0.29) is 59.3 Å². The van der Waals surface area contributed by atoms with Crippen LogP contribution >= 0.6 is 0 Å². The van der Waals surface area contributed by atoms with Crippen LogP contribution in [-0.4, -0.2) is 32.5 Å². The van der Waals surface area contributed by atoms with Crippen molar-refractivity contribution in [2.75, 3.05) is 6.61 Å². The molecule has 6 heteroatoms. The van der Waals surface area contributed by atoms with Crippen molar-refractivity contribution < 1.29 is 23.5 Å². The molecule has 0 aliphatic heterocycles. The summed E-state index contributed by atoms with van der Waals surface area (Å²) in [5, 5.41) is 2.36. The second-order valence-corrected chi connectivity index (χ2v) is 19.5. The van der Waals surface area contributed by atoms with Gasteiger partial charge in [-0.15, -0.1) is 0 Å². The fraction of sp³-hybridized carbons (Fsp3) is 0.488. The number of ketones is 2. The summed E-state index contributed by atoms with van der Waals surface area (Å²) in [7, 11) is -2.70. The van der Waals surface area contributed by atoms with Gasteiger partial charge in [0.15, 0.2) is 0 Å². The van der Waals surface area contributed by atoms with Crippen molar-refractivity contribution in [3.8, 4) is 0 Å². The SMILES string of the molecule is C[C@@H]1CC(C(=O)OCc2ccccc2)C[C@@H](CCCO[Si](c2ccccc2)(c2ccccc2)C(C)(C)C)[C@@]2(C)CCC(=O)[C@@H]1CC2=O. The standard InChI is InChI=1S/C41H52O5Si/c1-30-26-32(39(44)45-29-31-16-9-6-10-17-31)27-33(41(5)24-23-37(42)36(30)28-38(41)43)18-15-25-46-47(40(2,3)4,34-19-11-7-12-20-34)35-21-13-8-14-22-35/h6-14,16-17,19-22,30,32-33,36H,15,18,23-29H2,1-5H3/t30-,32?,33-,36-,41-/m1/s1. The molecule has 1 unspecified atom stereocenters. The molecule has 0 N–H and O–H groups in total. The normalized spacial score (nSPS) is 25.4. The number of benzene rings is 3. The predicted molar refractivity (Wildman–Crippen MR) is 190 cm³/mol. The van der Waals surface area contributed by atoms with Crippen molar-refractivity contribution in [3.05, 3.63) is 96.6 Å². The molecular weight excluding hydrogens is 601 g/mol. The van der Waals surface area contributed by atoms with Crippen LogP contribution in [0.5, 0.6) is 0 Å². The number of ether oxygens (including phenoxy) is 1. The Morgan fingerprint density at radius 1 is 0.872 bits per heavy atom. The van der Waals surface area contributed by atoms with Crippen molar-refractivity contribution in [3.63, 3.8) is 0 Å². The number of fused-ring (bicyclic) bond motifs is 3. The van der Waals surface area contributed by atoms with Crippen LogP contribution in [0.3, 0.4) is 0 Å². The van der Waals surface area contributed by atoms with Gasteiger partial charge < -0.3 is 9.16 Å². The van der Waals surface area contributed by atoms with Crippen LogP contribution in [0.15, 0.2) is 91.0 Å². The van der Waals surface area contributed by atoms with Crippen LogP contribution in [0.4, 0.5) is 0 Å². The lowest BCUT2D eigenvalue weighted by Crippen LogP contribution is -2.66. The summed E-state index contributed by atoms with van der Waals surface area (Å²) in [5.41, 5.74) is 0.285. The Hall–Kier alpha value is -3.35. The van der Waals surface area contributed by atoms with Gasteiger partial charge in [0.2, 0.25) is 0 Å². The average Bonchev–Trinajstić information content (AvgIpc) is 3.16. The average molecular weight is 653 g/mol. The molecular formula is C41H52O5Si. The summed E-state index contributed by atoms with van der Waals surface area (Å²) in [6.07, 6.45) is 3.89. The topological polar surface area (TPSA) is 69.7 Å². The highest BCUT2D eigenvalue weighted by Gasteiger charge is 2.51. The lowest BCUT2D eigenvalue weighted by molar-refractivity contribution is -0.152. The van der Waals surface area contributed by atoms with Gasteiger partial charge >= 0.3 is 5.97 Å². The lowest BCUT2D eigenvalue weighted by Gasteiger charge is -2.43. The monoisotopic (exact) mass is 652 g/mol. The third-order valence-corrected chi connectivity index (χ3v) is 16.2. The maximum absolute atomic E-state index is 14.0. The van der Waals surface area contributed by atoms with Crippen LogP contribution in [0.1, 0.15) is 85.1 Å². The van der Waals surface area contributed by atoms with E-state index in [1.807, 2.05) is 37.3 Å². The second kappa shape index (κ2) is 14.8. The Kier molecular flexibility index (Phi) is 11.0. The molecule has 5 rings (SSSR count). The zero-order valence-electron chi connectivity index (χ0n) is 28.9. The Bertz CT molecular complexity index is 1460. The number of rotatable bonds is 10. The summed E-state index contributed by atoms with van der Waals surface area (Å²) in [5.74, 6) is -0.680. The van der Waals surface area contributed by atoms with Gasteiger partial charge in [-0.3, -0.25) is 14.4 Å². The highest BCUT2D eigenvalue weighted by molar-refractivity contribution is 6.99. The first-order chi connectivity index (χ1) is 22.5. The van der Waals surface area contributed by atoms with E-state index in [2.05, 4.69) is 88.4 Å². The molecule has 0 saturated heterocycles. The molecule has 3 aromatic carbocycles. The molecule has 2 fully saturated rings. The van der Waals surface area contributed by atoms with Crippen molar-refractivity contribution in [1.82, 2.24) is 0 Å². The molecule has 3 aromatic rings. The van der Waals surface area contributed by atoms with Crippen LogP contribution in [-0.2, 0) is 30.2 Å². The van der Waals surface area contributed by atoms with Crippen LogP contribution < -0.4 is 10.4 Å². The minimum atomic E-state index is -2.70. The fourth-order valence-electron chi connectivity index (χ4n) is 8.31. The number of hydrogen-bond donors (Lipinski definition) is 0. The van der Waals surface area contributed by atoms with Crippen molar-refractivity contribution in [2.24, 2.45) is 29.1 Å². The summed E-state index contributed by atoms with van der Waals surface area (Å²) >= 11 is 0. The Morgan fingerprint density at radius 2 is 1.45 bits per heavy atom. The quantitative estimate of drug-likeness (QED) is 0.128. The number of carbonyl (C=O) groups excluding carboxylic acids is 3. The number of esters is 1. The molecule has 2 bridgehead atoms. The van der Waals surface area contributed by atoms with Crippen molar-refractivity contribution in [2.45, 2.75) is 91.2 Å². The zero-order chi connectivity index (χ0) is 33.7. The smallest absolute Gasteiger partial charge is 0.309 e. The molecule has 5 atom stereocenters. The van der Waals surface area contributed by atoms with Crippen LogP contribution in [0.2, 0.25) is 5.04 Å². The highest BCUT2D eigenvalue weighted by Crippen LogP contribution is 2.48. The summed E-state index contributed by atoms with van der Waals surface area (Å²) in [6.45, 7) is 11.7. The van der Waals surface area contributed by atoms with Gasteiger partial charge in [-0.2, -0.15) is 0 Å². The first kappa shape index (κ1) is 35.0. The highest BCUT2D eigenvalue weighted by atomic mass is 28.4. The molecule has 0 heterocycles. The molecule has 250 valence electrons. The largest absolute Gasteiger partial charge is 0.461 e. The molecule has 2 aliphatic carbocycles.